The van der Waals surface area contributed by atoms with Gasteiger partial charge >= 0.3 is 0 Å². The minimum atomic E-state index is 0.491. The van der Waals surface area contributed by atoms with E-state index in [9.17, 15) is 0 Å². The van der Waals surface area contributed by atoms with Gasteiger partial charge in [-0.3, -0.25) is 4.98 Å². The molecule has 1 N–H and O–H groups in total. The molecule has 0 unspecified atom stereocenters. The van der Waals surface area contributed by atoms with Gasteiger partial charge in [0.2, 0.25) is 0 Å². The molecule has 2 nitrogen and oxygen atoms in total. The van der Waals surface area contributed by atoms with E-state index in [1.807, 2.05) is 18.0 Å². The highest BCUT2D eigenvalue weighted by atomic mass is 32.2. The molecule has 1 aromatic rings. The second-order valence-electron chi connectivity index (χ2n) is 5.02. The molecule has 94 valence electrons. The Balaban J connectivity index is 1.80. The number of hydrogen-bond acceptors (Lipinski definition) is 3. The minimum Gasteiger partial charge on any atom is -0.310 e. The van der Waals surface area contributed by atoms with Crippen LogP contribution in [0.15, 0.2) is 18.3 Å². The molecule has 1 aromatic heterocycles. The van der Waals surface area contributed by atoms with Crippen molar-refractivity contribution in [3.63, 3.8) is 0 Å². The maximum Gasteiger partial charge on any atom is 0.0541 e. The highest BCUT2D eigenvalue weighted by molar-refractivity contribution is 8.00. The third-order valence-electron chi connectivity index (χ3n) is 3.67. The molecule has 2 rings (SSSR count). The number of hydrogen-bond donors (Lipinski definition) is 1. The molecule has 1 fully saturated rings. The summed E-state index contributed by atoms with van der Waals surface area (Å²) in [4.78, 5) is 4.42. The zero-order valence-electron chi connectivity index (χ0n) is 10.8. The molecule has 3 heteroatoms. The number of rotatable bonds is 5. The molecule has 1 saturated carbocycles. The van der Waals surface area contributed by atoms with Crippen molar-refractivity contribution in [3.8, 4) is 0 Å². The van der Waals surface area contributed by atoms with Crippen LogP contribution in [0.4, 0.5) is 0 Å². The summed E-state index contributed by atoms with van der Waals surface area (Å²) in [6, 6.07) is 4.24. The van der Waals surface area contributed by atoms with E-state index in [4.69, 9.17) is 0 Å². The lowest BCUT2D eigenvalue weighted by Gasteiger charge is -2.27. The summed E-state index contributed by atoms with van der Waals surface area (Å²) >= 11 is 2.03. The number of nitrogens with zero attached hydrogens (tertiary/aromatic N) is 1. The standard InChI is InChI=1S/C14H22N2S/c1-12-5-6-13(16-9-12)10-15-11-14(17-2)7-3-4-8-14/h5-6,9,15H,3-4,7-8,10-11H2,1-2H3. The lowest BCUT2D eigenvalue weighted by molar-refractivity contribution is 0.530. The van der Waals surface area contributed by atoms with Crippen molar-refractivity contribution in [2.45, 2.75) is 43.9 Å². The predicted octanol–water partition coefficient (Wildman–Crippen LogP) is 3.16. The summed E-state index contributed by atoms with van der Waals surface area (Å²) in [5, 5.41) is 3.57. The lowest BCUT2D eigenvalue weighted by atomic mass is 10.1. The zero-order valence-corrected chi connectivity index (χ0v) is 11.6. The van der Waals surface area contributed by atoms with Gasteiger partial charge in [-0.15, -0.1) is 0 Å². The number of aryl methyl sites for hydroxylation is 1. The van der Waals surface area contributed by atoms with Crippen LogP contribution < -0.4 is 5.32 Å². The van der Waals surface area contributed by atoms with Crippen LogP contribution in [0, 0.1) is 6.92 Å². The monoisotopic (exact) mass is 250 g/mol. The van der Waals surface area contributed by atoms with Gasteiger partial charge in [0, 0.05) is 24.0 Å². The van der Waals surface area contributed by atoms with Gasteiger partial charge in [0.05, 0.1) is 5.69 Å². The Morgan fingerprint density at radius 1 is 1.35 bits per heavy atom. The first-order valence-corrected chi connectivity index (χ1v) is 7.64. The number of pyridine rings is 1. The third-order valence-corrected chi connectivity index (χ3v) is 5.09. The van der Waals surface area contributed by atoms with E-state index in [1.54, 1.807) is 0 Å². The molecular weight excluding hydrogens is 228 g/mol. The van der Waals surface area contributed by atoms with Gasteiger partial charge in [-0.25, -0.2) is 0 Å². The zero-order chi connectivity index (χ0) is 12.1. The summed E-state index contributed by atoms with van der Waals surface area (Å²) in [7, 11) is 0. The molecule has 0 bridgehead atoms. The van der Waals surface area contributed by atoms with Gasteiger partial charge in [0.25, 0.3) is 0 Å². The van der Waals surface area contributed by atoms with Gasteiger partial charge in [0.1, 0.15) is 0 Å². The fraction of sp³-hybridized carbons (Fsp3) is 0.643. The van der Waals surface area contributed by atoms with Crippen molar-refractivity contribution >= 4 is 11.8 Å². The largest absolute Gasteiger partial charge is 0.310 e. The Hall–Kier alpha value is -0.540. The van der Waals surface area contributed by atoms with Crippen molar-refractivity contribution in [1.29, 1.82) is 0 Å². The highest BCUT2D eigenvalue weighted by Crippen LogP contribution is 2.39. The van der Waals surface area contributed by atoms with Gasteiger partial charge in [-0.1, -0.05) is 18.9 Å². The first-order chi connectivity index (χ1) is 8.24. The molecule has 0 atom stereocenters. The fourth-order valence-electron chi connectivity index (χ4n) is 2.49. The Labute approximate surface area is 109 Å². The second-order valence-corrected chi connectivity index (χ2v) is 6.30. The van der Waals surface area contributed by atoms with Gasteiger partial charge in [-0.05, 0) is 37.7 Å². The molecule has 0 aromatic carbocycles. The first-order valence-electron chi connectivity index (χ1n) is 6.41. The quantitative estimate of drug-likeness (QED) is 0.869. The highest BCUT2D eigenvalue weighted by Gasteiger charge is 2.32. The Morgan fingerprint density at radius 3 is 2.71 bits per heavy atom. The average Bonchev–Trinajstić information content (AvgIpc) is 2.81. The summed E-state index contributed by atoms with van der Waals surface area (Å²) in [6.45, 7) is 4.08. The molecule has 0 radical (unpaired) electrons. The maximum atomic E-state index is 4.42. The normalized spacial score (nSPS) is 18.5. The number of nitrogens with one attached hydrogen (secondary N) is 1. The van der Waals surface area contributed by atoms with Crippen LogP contribution in [0.5, 0.6) is 0 Å². The van der Waals surface area contributed by atoms with Crippen LogP contribution in [0.25, 0.3) is 0 Å². The van der Waals surface area contributed by atoms with E-state index in [0.29, 0.717) is 4.75 Å². The predicted molar refractivity (Wildman–Crippen MR) is 75.4 cm³/mol. The van der Waals surface area contributed by atoms with Gasteiger partial charge in [-0.2, -0.15) is 11.8 Å². The average molecular weight is 250 g/mol. The Bertz CT molecular complexity index is 342. The van der Waals surface area contributed by atoms with E-state index < -0.39 is 0 Å². The number of aromatic nitrogens is 1. The van der Waals surface area contributed by atoms with Crippen molar-refractivity contribution in [3.05, 3.63) is 29.6 Å². The Kier molecular flexibility index (Phi) is 4.46. The van der Waals surface area contributed by atoms with Crippen molar-refractivity contribution in [2.75, 3.05) is 12.8 Å². The SMILES string of the molecule is CSC1(CNCc2ccc(C)cn2)CCCC1. The summed E-state index contributed by atoms with van der Waals surface area (Å²) in [5.41, 5.74) is 2.37. The Morgan fingerprint density at radius 2 is 2.12 bits per heavy atom. The fourth-order valence-corrected chi connectivity index (χ4v) is 3.44. The smallest absolute Gasteiger partial charge is 0.0541 e. The van der Waals surface area contributed by atoms with E-state index in [0.717, 1.165) is 18.8 Å². The van der Waals surface area contributed by atoms with Crippen LogP contribution in [-0.2, 0) is 6.54 Å². The van der Waals surface area contributed by atoms with Crippen LogP contribution in [0.2, 0.25) is 0 Å². The third kappa shape index (κ3) is 3.46. The molecule has 1 aliphatic rings. The topological polar surface area (TPSA) is 24.9 Å². The molecule has 0 saturated heterocycles. The van der Waals surface area contributed by atoms with Gasteiger partial charge in [0.15, 0.2) is 0 Å². The van der Waals surface area contributed by atoms with E-state index in [-0.39, 0.29) is 0 Å². The van der Waals surface area contributed by atoms with Crippen LogP contribution in [-0.4, -0.2) is 22.5 Å². The summed E-state index contributed by atoms with van der Waals surface area (Å²) in [6.07, 6.45) is 9.70. The molecule has 1 heterocycles. The van der Waals surface area contributed by atoms with E-state index >= 15 is 0 Å². The summed E-state index contributed by atoms with van der Waals surface area (Å²) in [5.74, 6) is 0. The number of thioether (sulfide) groups is 1. The maximum absolute atomic E-state index is 4.42. The molecule has 1 aliphatic carbocycles. The first kappa shape index (κ1) is 12.9. The molecular formula is C14H22N2S. The van der Waals surface area contributed by atoms with E-state index in [1.165, 1.54) is 31.2 Å². The van der Waals surface area contributed by atoms with Crippen LogP contribution in [0.1, 0.15) is 36.9 Å². The molecule has 0 amide bonds. The van der Waals surface area contributed by atoms with Crippen LogP contribution in [0.3, 0.4) is 0 Å². The molecule has 0 aliphatic heterocycles. The minimum absolute atomic E-state index is 0.491. The molecule has 17 heavy (non-hydrogen) atoms. The summed E-state index contributed by atoms with van der Waals surface area (Å²) < 4.78 is 0.491. The van der Waals surface area contributed by atoms with Crippen molar-refractivity contribution < 1.29 is 0 Å². The lowest BCUT2D eigenvalue weighted by Crippen LogP contribution is -2.34. The second kappa shape index (κ2) is 5.87. The van der Waals surface area contributed by atoms with Crippen molar-refractivity contribution in [2.24, 2.45) is 0 Å². The van der Waals surface area contributed by atoms with Gasteiger partial charge < -0.3 is 5.32 Å². The van der Waals surface area contributed by atoms with E-state index in [2.05, 4.69) is 35.6 Å². The van der Waals surface area contributed by atoms with Crippen LogP contribution >= 0.6 is 11.8 Å². The van der Waals surface area contributed by atoms with Crippen molar-refractivity contribution in [1.82, 2.24) is 10.3 Å². The molecule has 0 spiro atoms.